The molecule has 1 heterocycles. The molecule has 1 aliphatic rings. The van der Waals surface area contributed by atoms with E-state index >= 15 is 0 Å². The summed E-state index contributed by atoms with van der Waals surface area (Å²) in [6.07, 6.45) is 1.00. The second-order valence-corrected chi connectivity index (χ2v) is 5.17. The summed E-state index contributed by atoms with van der Waals surface area (Å²) < 4.78 is 0. The predicted octanol–water partition coefficient (Wildman–Crippen LogP) is 2.05. The average molecular weight is 256 g/mol. The van der Waals surface area contributed by atoms with Gasteiger partial charge in [0.15, 0.2) is 0 Å². The molecule has 0 aliphatic carbocycles. The van der Waals surface area contributed by atoms with Crippen LogP contribution in [0.5, 0.6) is 0 Å². The normalized spacial score (nSPS) is 21.1. The van der Waals surface area contributed by atoms with Crippen LogP contribution >= 0.6 is 35.0 Å². The molecule has 1 atom stereocenters. The molecule has 0 bridgehead atoms. The summed E-state index contributed by atoms with van der Waals surface area (Å²) in [7, 11) is 0. The lowest BCUT2D eigenvalue weighted by molar-refractivity contribution is -0.134. The third-order valence-corrected chi connectivity index (χ3v) is 3.80. The maximum absolute atomic E-state index is 11.9. The Morgan fingerprint density at radius 3 is 2.43 bits per heavy atom. The van der Waals surface area contributed by atoms with Crippen molar-refractivity contribution >= 4 is 40.9 Å². The minimum absolute atomic E-state index is 0.200. The SMILES string of the molecule is O=C(C1CCSC1)N(CCCl)CCCl. The van der Waals surface area contributed by atoms with Crippen molar-refractivity contribution in [2.45, 2.75) is 6.42 Å². The first-order valence-electron chi connectivity index (χ1n) is 4.78. The van der Waals surface area contributed by atoms with Crippen molar-refractivity contribution in [3.05, 3.63) is 0 Å². The van der Waals surface area contributed by atoms with Crippen molar-refractivity contribution in [3.63, 3.8) is 0 Å². The van der Waals surface area contributed by atoms with E-state index < -0.39 is 0 Å². The number of thioether (sulfide) groups is 1. The summed E-state index contributed by atoms with van der Waals surface area (Å²) in [6, 6.07) is 0. The van der Waals surface area contributed by atoms with Crippen molar-refractivity contribution in [2.24, 2.45) is 5.92 Å². The molecule has 1 amide bonds. The first-order valence-corrected chi connectivity index (χ1v) is 7.00. The average Bonchev–Trinajstić information content (AvgIpc) is 2.69. The Kier molecular flexibility index (Phi) is 6.06. The number of carbonyl (C=O) groups is 1. The summed E-state index contributed by atoms with van der Waals surface area (Å²) in [5.74, 6) is 3.47. The van der Waals surface area contributed by atoms with Crippen LogP contribution in [0.3, 0.4) is 0 Å². The standard InChI is InChI=1S/C9H15Cl2NOS/c10-2-4-12(5-3-11)9(13)8-1-6-14-7-8/h8H,1-7H2. The van der Waals surface area contributed by atoms with Gasteiger partial charge in [-0.1, -0.05) is 0 Å². The van der Waals surface area contributed by atoms with E-state index in [1.807, 2.05) is 11.8 Å². The van der Waals surface area contributed by atoms with E-state index in [1.165, 1.54) is 0 Å². The second-order valence-electron chi connectivity index (χ2n) is 3.26. The fourth-order valence-electron chi connectivity index (χ4n) is 1.52. The Hall–Kier alpha value is 0.400. The van der Waals surface area contributed by atoms with Crippen molar-refractivity contribution in [3.8, 4) is 0 Å². The zero-order valence-electron chi connectivity index (χ0n) is 8.05. The molecule has 1 aliphatic heterocycles. The summed E-state index contributed by atoms with van der Waals surface area (Å²) >= 11 is 13.1. The van der Waals surface area contributed by atoms with Crippen LogP contribution in [-0.2, 0) is 4.79 Å². The molecule has 0 radical (unpaired) electrons. The minimum Gasteiger partial charge on any atom is -0.340 e. The molecule has 2 nitrogen and oxygen atoms in total. The van der Waals surface area contributed by atoms with Crippen LogP contribution in [-0.4, -0.2) is 47.2 Å². The lowest BCUT2D eigenvalue weighted by atomic mass is 10.1. The molecule has 0 saturated carbocycles. The highest BCUT2D eigenvalue weighted by atomic mass is 35.5. The Morgan fingerprint density at radius 1 is 1.36 bits per heavy atom. The topological polar surface area (TPSA) is 20.3 Å². The van der Waals surface area contributed by atoms with Gasteiger partial charge in [0.1, 0.15) is 0 Å². The zero-order chi connectivity index (χ0) is 10.4. The number of amides is 1. The van der Waals surface area contributed by atoms with E-state index in [9.17, 15) is 4.79 Å². The lowest BCUT2D eigenvalue weighted by Gasteiger charge is -2.23. The van der Waals surface area contributed by atoms with E-state index in [2.05, 4.69) is 0 Å². The molecule has 0 spiro atoms. The number of hydrogen-bond acceptors (Lipinski definition) is 2. The van der Waals surface area contributed by atoms with Gasteiger partial charge in [0.25, 0.3) is 0 Å². The van der Waals surface area contributed by atoms with E-state index in [4.69, 9.17) is 23.2 Å². The number of carbonyl (C=O) groups excluding carboxylic acids is 1. The first kappa shape index (κ1) is 12.5. The van der Waals surface area contributed by atoms with Gasteiger partial charge in [-0.3, -0.25) is 4.79 Å². The van der Waals surface area contributed by atoms with Crippen LogP contribution in [0, 0.1) is 5.92 Å². The highest BCUT2D eigenvalue weighted by molar-refractivity contribution is 7.99. The molecule has 1 fully saturated rings. The fraction of sp³-hybridized carbons (Fsp3) is 0.889. The Bertz CT molecular complexity index is 180. The molecule has 1 saturated heterocycles. The first-order chi connectivity index (χ1) is 6.79. The second kappa shape index (κ2) is 6.81. The van der Waals surface area contributed by atoms with Gasteiger partial charge in [-0.2, -0.15) is 11.8 Å². The summed E-state index contributed by atoms with van der Waals surface area (Å²) in [6.45, 7) is 1.24. The van der Waals surface area contributed by atoms with Gasteiger partial charge >= 0.3 is 0 Å². The molecular formula is C9H15Cl2NOS. The molecule has 1 rings (SSSR count). The van der Waals surface area contributed by atoms with Gasteiger partial charge in [0, 0.05) is 36.5 Å². The van der Waals surface area contributed by atoms with Crippen LogP contribution in [0.25, 0.3) is 0 Å². The molecule has 1 unspecified atom stereocenters. The maximum atomic E-state index is 11.9. The van der Waals surface area contributed by atoms with Crippen molar-refractivity contribution in [1.29, 1.82) is 0 Å². The molecule has 82 valence electrons. The van der Waals surface area contributed by atoms with Crippen LogP contribution in [0.4, 0.5) is 0 Å². The predicted molar refractivity (Wildman–Crippen MR) is 63.5 cm³/mol. The number of nitrogens with zero attached hydrogens (tertiary/aromatic N) is 1. The summed E-state index contributed by atoms with van der Waals surface area (Å²) in [5, 5.41) is 0. The van der Waals surface area contributed by atoms with Crippen LogP contribution in [0.2, 0.25) is 0 Å². The smallest absolute Gasteiger partial charge is 0.226 e. The highest BCUT2D eigenvalue weighted by Gasteiger charge is 2.26. The quantitative estimate of drug-likeness (QED) is 0.702. The number of rotatable bonds is 5. The Labute approximate surface area is 99.3 Å². The Morgan fingerprint density at radius 2 is 2.00 bits per heavy atom. The van der Waals surface area contributed by atoms with Gasteiger partial charge in [-0.25, -0.2) is 0 Å². The fourth-order valence-corrected chi connectivity index (χ4v) is 3.14. The third-order valence-electron chi connectivity index (χ3n) is 2.30. The highest BCUT2D eigenvalue weighted by Crippen LogP contribution is 2.25. The molecule has 0 N–H and O–H groups in total. The van der Waals surface area contributed by atoms with E-state index in [0.717, 1.165) is 17.9 Å². The number of halogens is 2. The van der Waals surface area contributed by atoms with Gasteiger partial charge in [-0.05, 0) is 12.2 Å². The molecular weight excluding hydrogens is 241 g/mol. The van der Waals surface area contributed by atoms with Crippen LogP contribution in [0.15, 0.2) is 0 Å². The summed E-state index contributed by atoms with van der Waals surface area (Å²) in [5.41, 5.74) is 0. The monoisotopic (exact) mass is 255 g/mol. The largest absolute Gasteiger partial charge is 0.340 e. The van der Waals surface area contributed by atoms with Crippen molar-refractivity contribution in [2.75, 3.05) is 36.4 Å². The minimum atomic E-state index is 0.200. The maximum Gasteiger partial charge on any atom is 0.226 e. The van der Waals surface area contributed by atoms with Crippen LogP contribution < -0.4 is 0 Å². The van der Waals surface area contributed by atoms with Gasteiger partial charge in [0.2, 0.25) is 5.91 Å². The van der Waals surface area contributed by atoms with Crippen molar-refractivity contribution < 1.29 is 4.79 Å². The van der Waals surface area contributed by atoms with E-state index in [-0.39, 0.29) is 11.8 Å². The van der Waals surface area contributed by atoms with Gasteiger partial charge in [0.05, 0.1) is 0 Å². The van der Waals surface area contributed by atoms with Gasteiger partial charge in [-0.15, -0.1) is 23.2 Å². The van der Waals surface area contributed by atoms with E-state index in [0.29, 0.717) is 24.8 Å². The number of alkyl halides is 2. The third kappa shape index (κ3) is 3.52. The van der Waals surface area contributed by atoms with Crippen LogP contribution in [0.1, 0.15) is 6.42 Å². The molecule has 5 heteroatoms. The molecule has 14 heavy (non-hydrogen) atoms. The van der Waals surface area contributed by atoms with Crippen molar-refractivity contribution in [1.82, 2.24) is 4.90 Å². The Balaban J connectivity index is 2.43. The molecule has 0 aromatic rings. The summed E-state index contributed by atoms with van der Waals surface area (Å²) in [4.78, 5) is 13.7. The lowest BCUT2D eigenvalue weighted by Crippen LogP contribution is -2.38. The molecule has 0 aromatic carbocycles. The van der Waals surface area contributed by atoms with E-state index in [1.54, 1.807) is 4.90 Å². The zero-order valence-corrected chi connectivity index (χ0v) is 10.4. The molecule has 0 aromatic heterocycles. The van der Waals surface area contributed by atoms with Gasteiger partial charge < -0.3 is 4.90 Å². The number of hydrogen-bond donors (Lipinski definition) is 0.